The van der Waals surface area contributed by atoms with E-state index in [1.807, 2.05) is 47.7 Å². The van der Waals surface area contributed by atoms with Gasteiger partial charge in [-0.15, -0.1) is 0 Å². The number of nitriles is 1. The predicted molar refractivity (Wildman–Crippen MR) is 122 cm³/mol. The van der Waals surface area contributed by atoms with Crippen molar-refractivity contribution in [1.82, 2.24) is 14.4 Å². The Hall–Kier alpha value is -3.96. The van der Waals surface area contributed by atoms with Gasteiger partial charge < -0.3 is 15.7 Å². The van der Waals surface area contributed by atoms with E-state index in [0.29, 0.717) is 47.1 Å². The lowest BCUT2D eigenvalue weighted by atomic mass is 9.98. The van der Waals surface area contributed by atoms with Crippen LogP contribution in [0.1, 0.15) is 17.5 Å². The first-order chi connectivity index (χ1) is 15.4. The first kappa shape index (κ1) is 21.3. The van der Waals surface area contributed by atoms with E-state index in [9.17, 15) is 9.50 Å². The minimum absolute atomic E-state index is 0.0366. The second kappa shape index (κ2) is 8.65. The van der Waals surface area contributed by atoms with Gasteiger partial charge in [-0.3, -0.25) is 4.40 Å². The Morgan fingerprint density at radius 1 is 1.22 bits per heavy atom. The van der Waals surface area contributed by atoms with Gasteiger partial charge in [0.1, 0.15) is 23.3 Å². The lowest BCUT2D eigenvalue weighted by Crippen LogP contribution is -2.24. The molecule has 0 unspecified atom stereocenters. The molecule has 0 spiro atoms. The normalized spacial score (nSPS) is 11.0. The molecule has 8 heteroatoms. The number of aromatic hydroxyl groups is 1. The molecule has 0 atom stereocenters. The Morgan fingerprint density at radius 3 is 2.69 bits per heavy atom. The lowest BCUT2D eigenvalue weighted by molar-refractivity contribution is 0.471. The highest BCUT2D eigenvalue weighted by molar-refractivity contribution is 5.91. The number of anilines is 1. The Bertz CT molecular complexity index is 1340. The van der Waals surface area contributed by atoms with E-state index in [4.69, 9.17) is 16.0 Å². The number of benzene rings is 2. The summed E-state index contributed by atoms with van der Waals surface area (Å²) in [5.74, 6) is 0.157. The van der Waals surface area contributed by atoms with Crippen LogP contribution >= 0.6 is 0 Å². The molecule has 32 heavy (non-hydrogen) atoms. The van der Waals surface area contributed by atoms with E-state index >= 15 is 0 Å². The van der Waals surface area contributed by atoms with E-state index in [1.165, 1.54) is 12.1 Å². The van der Waals surface area contributed by atoms with Crippen LogP contribution in [0.3, 0.4) is 0 Å². The molecular weight excluding hydrogens is 407 g/mol. The molecule has 0 fully saturated rings. The molecule has 0 aliphatic carbocycles. The Labute approximate surface area is 185 Å². The van der Waals surface area contributed by atoms with Crippen molar-refractivity contribution in [3.63, 3.8) is 0 Å². The molecule has 0 bridgehead atoms. The second-order valence-electron chi connectivity index (χ2n) is 7.63. The largest absolute Gasteiger partial charge is 0.508 e. The molecule has 0 aliphatic heterocycles. The number of aryl methyl sites for hydroxylation is 1. The van der Waals surface area contributed by atoms with Gasteiger partial charge in [0, 0.05) is 31.5 Å². The van der Waals surface area contributed by atoms with Crippen LogP contribution in [0.5, 0.6) is 5.75 Å². The van der Waals surface area contributed by atoms with Crippen LogP contribution < -0.4 is 10.6 Å². The number of phenolic OH excluding ortho intramolecular Hbond substituents is 1. The van der Waals surface area contributed by atoms with Gasteiger partial charge in [-0.1, -0.05) is 18.2 Å². The van der Waals surface area contributed by atoms with Gasteiger partial charge in [-0.2, -0.15) is 5.26 Å². The number of fused-ring (bicyclic) bond motifs is 1. The van der Waals surface area contributed by atoms with Crippen LogP contribution in [-0.4, -0.2) is 39.6 Å². The van der Waals surface area contributed by atoms with Crippen molar-refractivity contribution in [1.29, 1.82) is 5.26 Å². The van der Waals surface area contributed by atoms with Crippen molar-refractivity contribution < 1.29 is 9.50 Å². The number of aromatic nitrogens is 3. The van der Waals surface area contributed by atoms with Crippen molar-refractivity contribution in [2.75, 3.05) is 25.0 Å². The van der Waals surface area contributed by atoms with Gasteiger partial charge in [-0.05, 0) is 49.2 Å². The first-order valence-corrected chi connectivity index (χ1v) is 10.2. The number of hydrogen-bond acceptors (Lipinski definition) is 6. The number of nitrogens with two attached hydrogens (primary N) is 1. The molecule has 0 aliphatic rings. The van der Waals surface area contributed by atoms with E-state index in [0.717, 1.165) is 12.0 Å². The van der Waals surface area contributed by atoms with Crippen LogP contribution in [0.15, 0.2) is 48.8 Å². The number of halogens is 1. The zero-order valence-electron chi connectivity index (χ0n) is 17.9. The van der Waals surface area contributed by atoms with Crippen molar-refractivity contribution in [3.05, 3.63) is 65.7 Å². The zero-order chi connectivity index (χ0) is 22.8. The molecule has 0 saturated carbocycles. The fourth-order valence-corrected chi connectivity index (χ4v) is 3.66. The third-order valence-electron chi connectivity index (χ3n) is 5.43. The molecule has 2 aromatic carbocycles. The minimum atomic E-state index is -0.620. The first-order valence-electron chi connectivity index (χ1n) is 10.2. The highest BCUT2D eigenvalue weighted by Gasteiger charge is 2.21. The number of hydrogen-bond donors (Lipinski definition) is 2. The molecule has 0 radical (unpaired) electrons. The summed E-state index contributed by atoms with van der Waals surface area (Å²) in [6.07, 6.45) is 4.28. The van der Waals surface area contributed by atoms with E-state index in [1.54, 1.807) is 18.3 Å². The van der Waals surface area contributed by atoms with Crippen LogP contribution in [0, 0.1) is 24.1 Å². The molecule has 162 valence electrons. The smallest absolute Gasteiger partial charge is 0.211 e. The fourth-order valence-electron chi connectivity index (χ4n) is 3.66. The molecule has 0 saturated heterocycles. The maximum atomic E-state index is 14.5. The van der Waals surface area contributed by atoms with Crippen molar-refractivity contribution in [2.45, 2.75) is 13.3 Å². The van der Waals surface area contributed by atoms with Crippen LogP contribution in [0.2, 0.25) is 0 Å². The maximum Gasteiger partial charge on any atom is 0.211 e. The summed E-state index contributed by atoms with van der Waals surface area (Å²) in [4.78, 5) is 11.4. The third-order valence-corrected chi connectivity index (χ3v) is 5.43. The summed E-state index contributed by atoms with van der Waals surface area (Å²) in [6, 6.07) is 11.6. The molecule has 0 amide bonds. The molecule has 2 heterocycles. The number of imidazole rings is 1. The average molecular weight is 430 g/mol. The molecular formula is C24H23FN6O. The van der Waals surface area contributed by atoms with E-state index < -0.39 is 5.82 Å². The summed E-state index contributed by atoms with van der Waals surface area (Å²) in [7, 11) is 1.91. The number of rotatable bonds is 6. The Morgan fingerprint density at radius 2 is 2.00 bits per heavy atom. The van der Waals surface area contributed by atoms with Crippen molar-refractivity contribution in [3.8, 4) is 34.2 Å². The Balaban J connectivity index is 2.03. The highest BCUT2D eigenvalue weighted by atomic mass is 19.1. The Kier molecular flexibility index (Phi) is 5.75. The van der Waals surface area contributed by atoms with Gasteiger partial charge in [0.15, 0.2) is 0 Å². The van der Waals surface area contributed by atoms with Crippen LogP contribution in [0.25, 0.3) is 28.0 Å². The molecule has 3 N–H and O–H groups in total. The van der Waals surface area contributed by atoms with E-state index in [2.05, 4.69) is 4.98 Å². The average Bonchev–Trinajstić information content (AvgIpc) is 3.28. The summed E-state index contributed by atoms with van der Waals surface area (Å²) in [5.41, 5.74) is 9.38. The summed E-state index contributed by atoms with van der Waals surface area (Å²) < 4.78 is 16.4. The highest BCUT2D eigenvalue weighted by Crippen LogP contribution is 2.38. The van der Waals surface area contributed by atoms with E-state index in [-0.39, 0.29) is 11.3 Å². The van der Waals surface area contributed by atoms with Gasteiger partial charge in [0.2, 0.25) is 5.95 Å². The summed E-state index contributed by atoms with van der Waals surface area (Å²) >= 11 is 0. The third kappa shape index (κ3) is 3.74. The zero-order valence-corrected chi connectivity index (χ0v) is 17.9. The maximum absolute atomic E-state index is 14.5. The fraction of sp³-hybridized carbons (Fsp3) is 0.208. The van der Waals surface area contributed by atoms with Gasteiger partial charge in [-0.25, -0.2) is 14.4 Å². The molecule has 4 aromatic rings. The standard InChI is InChI=1S/C24H23FN6O/c1-15-4-5-16(13-20(15)32)21-22(17-6-7-18(14-27)19(25)12-17)29-24(30(2)10-3-8-26)31-11-9-28-23(21)31/h4-7,9,11-13,32H,3,8,10,26H2,1-2H3. The summed E-state index contributed by atoms with van der Waals surface area (Å²) in [5, 5.41) is 19.5. The van der Waals surface area contributed by atoms with Crippen LogP contribution in [0.4, 0.5) is 10.3 Å². The monoisotopic (exact) mass is 430 g/mol. The number of nitrogens with zero attached hydrogens (tertiary/aromatic N) is 5. The minimum Gasteiger partial charge on any atom is -0.508 e. The molecule has 4 rings (SSSR count). The van der Waals surface area contributed by atoms with Gasteiger partial charge >= 0.3 is 0 Å². The number of phenols is 1. The molecule has 7 nitrogen and oxygen atoms in total. The van der Waals surface area contributed by atoms with Crippen molar-refractivity contribution >= 4 is 11.6 Å². The van der Waals surface area contributed by atoms with Crippen LogP contribution in [-0.2, 0) is 0 Å². The quantitative estimate of drug-likeness (QED) is 0.481. The lowest BCUT2D eigenvalue weighted by Gasteiger charge is -2.22. The molecule has 2 aromatic heterocycles. The van der Waals surface area contributed by atoms with Gasteiger partial charge in [0.05, 0.1) is 16.8 Å². The SMILES string of the molecule is Cc1ccc(-c2c(-c3ccc(C#N)c(F)c3)nc(N(C)CCCN)n3ccnc23)cc1O. The summed E-state index contributed by atoms with van der Waals surface area (Å²) in [6.45, 7) is 3.04. The second-order valence-corrected chi connectivity index (χ2v) is 7.63. The predicted octanol–water partition coefficient (Wildman–Crippen LogP) is 3.87. The van der Waals surface area contributed by atoms with Gasteiger partial charge in [0.25, 0.3) is 0 Å². The van der Waals surface area contributed by atoms with Crippen molar-refractivity contribution in [2.24, 2.45) is 5.73 Å². The topological polar surface area (TPSA) is 103 Å².